The van der Waals surface area contributed by atoms with Crippen molar-refractivity contribution in [3.05, 3.63) is 41.6 Å². The zero-order valence-electron chi connectivity index (χ0n) is 16.1. The molecule has 2 aromatic rings. The molecule has 0 unspecified atom stereocenters. The number of benzene rings is 1. The third kappa shape index (κ3) is 3.64. The van der Waals surface area contributed by atoms with E-state index < -0.39 is 0 Å². The van der Waals surface area contributed by atoms with Crippen LogP contribution in [0.5, 0.6) is 17.2 Å². The number of amides is 1. The molecule has 0 aliphatic carbocycles. The quantitative estimate of drug-likeness (QED) is 0.781. The number of ether oxygens (including phenoxy) is 3. The van der Waals surface area contributed by atoms with Gasteiger partial charge in [0.1, 0.15) is 11.9 Å². The molecule has 146 valence electrons. The van der Waals surface area contributed by atoms with Crippen molar-refractivity contribution >= 4 is 11.7 Å². The second-order valence-electron chi connectivity index (χ2n) is 6.18. The second kappa shape index (κ2) is 8.48. The fourth-order valence-electron chi connectivity index (χ4n) is 3.24. The van der Waals surface area contributed by atoms with E-state index in [9.17, 15) is 10.1 Å². The number of nitriles is 1. The van der Waals surface area contributed by atoms with Crippen molar-refractivity contribution in [3.63, 3.8) is 0 Å². The van der Waals surface area contributed by atoms with Crippen molar-refractivity contribution in [2.24, 2.45) is 0 Å². The smallest absolute Gasteiger partial charge is 0.254 e. The lowest BCUT2D eigenvalue weighted by Crippen LogP contribution is -2.49. The standard InChI is InChI=1S/C20H22N4O4/c1-26-16-11-15(12-17(27-2)18(16)28-3)20(25)24-9-7-23(8-10-24)19-14(13-21)5-4-6-22-19/h4-6,11-12H,7-10H2,1-3H3. The molecule has 8 heteroatoms. The Labute approximate surface area is 163 Å². The Morgan fingerprint density at radius 2 is 1.71 bits per heavy atom. The largest absolute Gasteiger partial charge is 0.493 e. The maximum Gasteiger partial charge on any atom is 0.254 e. The SMILES string of the molecule is COc1cc(C(=O)N2CCN(c3ncccc3C#N)CC2)cc(OC)c1OC. The van der Waals surface area contributed by atoms with Crippen LogP contribution in [0, 0.1) is 11.3 Å². The Balaban J connectivity index is 1.76. The van der Waals surface area contributed by atoms with Gasteiger partial charge >= 0.3 is 0 Å². The molecule has 1 aromatic carbocycles. The van der Waals surface area contributed by atoms with E-state index in [2.05, 4.69) is 11.1 Å². The Morgan fingerprint density at radius 1 is 1.07 bits per heavy atom. The van der Waals surface area contributed by atoms with Gasteiger partial charge in [0.25, 0.3) is 5.91 Å². The summed E-state index contributed by atoms with van der Waals surface area (Å²) in [5.74, 6) is 1.88. The summed E-state index contributed by atoms with van der Waals surface area (Å²) in [6.07, 6.45) is 1.67. The highest BCUT2D eigenvalue weighted by Crippen LogP contribution is 2.38. The molecule has 0 radical (unpaired) electrons. The first-order chi connectivity index (χ1) is 13.6. The van der Waals surface area contributed by atoms with E-state index in [4.69, 9.17) is 14.2 Å². The summed E-state index contributed by atoms with van der Waals surface area (Å²) in [6, 6.07) is 8.96. The average Bonchev–Trinajstić information content (AvgIpc) is 2.77. The Bertz CT molecular complexity index is 876. The molecule has 8 nitrogen and oxygen atoms in total. The van der Waals surface area contributed by atoms with Gasteiger partial charge in [0.2, 0.25) is 5.75 Å². The molecule has 1 amide bonds. The number of aromatic nitrogens is 1. The zero-order chi connectivity index (χ0) is 20.1. The van der Waals surface area contributed by atoms with Crippen LogP contribution in [0.3, 0.4) is 0 Å². The summed E-state index contributed by atoms with van der Waals surface area (Å²) in [5.41, 5.74) is 1.01. The average molecular weight is 382 g/mol. The van der Waals surface area contributed by atoms with Gasteiger partial charge in [-0.25, -0.2) is 4.98 Å². The molecule has 1 fully saturated rings. The molecular weight excluding hydrogens is 360 g/mol. The number of rotatable bonds is 5. The van der Waals surface area contributed by atoms with Crippen LogP contribution in [0.4, 0.5) is 5.82 Å². The van der Waals surface area contributed by atoms with Crippen molar-refractivity contribution in [1.82, 2.24) is 9.88 Å². The molecule has 1 saturated heterocycles. The summed E-state index contributed by atoms with van der Waals surface area (Å²) in [7, 11) is 4.56. The molecule has 1 aliphatic heterocycles. The number of nitrogens with zero attached hydrogens (tertiary/aromatic N) is 4. The third-order valence-electron chi connectivity index (χ3n) is 4.69. The molecule has 0 spiro atoms. The predicted octanol–water partition coefficient (Wildman–Crippen LogP) is 1.94. The van der Waals surface area contributed by atoms with Gasteiger partial charge < -0.3 is 24.0 Å². The Hall–Kier alpha value is -3.47. The van der Waals surface area contributed by atoms with E-state index in [0.717, 1.165) is 0 Å². The van der Waals surface area contributed by atoms with Crippen LogP contribution in [-0.4, -0.2) is 63.3 Å². The number of piperazine rings is 1. The summed E-state index contributed by atoms with van der Waals surface area (Å²) < 4.78 is 16.0. The summed E-state index contributed by atoms with van der Waals surface area (Å²) in [6.45, 7) is 2.25. The van der Waals surface area contributed by atoms with Crippen molar-refractivity contribution in [1.29, 1.82) is 5.26 Å². The first kappa shape index (κ1) is 19.3. The van der Waals surface area contributed by atoms with Crippen LogP contribution in [0.25, 0.3) is 0 Å². The molecule has 3 rings (SSSR count). The minimum absolute atomic E-state index is 0.111. The van der Waals surface area contributed by atoms with Crippen molar-refractivity contribution in [2.75, 3.05) is 52.4 Å². The van der Waals surface area contributed by atoms with E-state index in [1.807, 2.05) is 4.90 Å². The first-order valence-corrected chi connectivity index (χ1v) is 8.82. The highest BCUT2D eigenvalue weighted by atomic mass is 16.5. The summed E-state index contributed by atoms with van der Waals surface area (Å²) in [5, 5.41) is 9.26. The number of carbonyl (C=O) groups is 1. The summed E-state index contributed by atoms with van der Waals surface area (Å²) >= 11 is 0. The number of hydrogen-bond acceptors (Lipinski definition) is 7. The maximum absolute atomic E-state index is 13.0. The van der Waals surface area contributed by atoms with Gasteiger partial charge in [0.15, 0.2) is 11.5 Å². The number of methoxy groups -OCH3 is 3. The van der Waals surface area contributed by atoms with Gasteiger partial charge in [-0.3, -0.25) is 4.79 Å². The van der Waals surface area contributed by atoms with Gasteiger partial charge in [-0.05, 0) is 24.3 Å². The van der Waals surface area contributed by atoms with E-state index in [-0.39, 0.29) is 5.91 Å². The number of pyridine rings is 1. The zero-order valence-corrected chi connectivity index (χ0v) is 16.1. The van der Waals surface area contributed by atoms with Crippen molar-refractivity contribution in [2.45, 2.75) is 0 Å². The van der Waals surface area contributed by atoms with Crippen molar-refractivity contribution < 1.29 is 19.0 Å². The molecule has 0 saturated carbocycles. The molecule has 0 atom stereocenters. The van der Waals surface area contributed by atoms with Crippen molar-refractivity contribution in [3.8, 4) is 23.3 Å². The fourth-order valence-corrected chi connectivity index (χ4v) is 3.24. The van der Waals surface area contributed by atoms with Crippen LogP contribution in [0.2, 0.25) is 0 Å². The lowest BCUT2D eigenvalue weighted by Gasteiger charge is -2.35. The second-order valence-corrected chi connectivity index (χ2v) is 6.18. The highest BCUT2D eigenvalue weighted by Gasteiger charge is 2.26. The van der Waals surface area contributed by atoms with E-state index in [1.165, 1.54) is 21.3 Å². The fraction of sp³-hybridized carbons (Fsp3) is 0.350. The number of hydrogen-bond donors (Lipinski definition) is 0. The molecule has 1 aromatic heterocycles. The molecule has 28 heavy (non-hydrogen) atoms. The van der Waals surface area contributed by atoms with Gasteiger partial charge in [0, 0.05) is 37.9 Å². The van der Waals surface area contributed by atoms with Crippen LogP contribution in [0.15, 0.2) is 30.5 Å². The van der Waals surface area contributed by atoms with Crippen LogP contribution < -0.4 is 19.1 Å². The minimum atomic E-state index is -0.111. The molecular formula is C20H22N4O4. The van der Waals surface area contributed by atoms with E-state index in [0.29, 0.717) is 60.4 Å². The normalized spacial score (nSPS) is 13.6. The Kier molecular flexibility index (Phi) is 5.84. The Morgan fingerprint density at radius 3 is 2.25 bits per heavy atom. The number of carbonyl (C=O) groups excluding carboxylic acids is 1. The third-order valence-corrected chi connectivity index (χ3v) is 4.69. The van der Waals surface area contributed by atoms with E-state index >= 15 is 0 Å². The highest BCUT2D eigenvalue weighted by molar-refractivity contribution is 5.95. The lowest BCUT2D eigenvalue weighted by molar-refractivity contribution is 0.0745. The topological polar surface area (TPSA) is 87.9 Å². The lowest BCUT2D eigenvalue weighted by atomic mass is 10.1. The predicted molar refractivity (Wildman–Crippen MR) is 103 cm³/mol. The van der Waals surface area contributed by atoms with E-state index in [1.54, 1.807) is 35.4 Å². The van der Waals surface area contributed by atoms with Gasteiger partial charge in [-0.2, -0.15) is 5.26 Å². The molecule has 0 bridgehead atoms. The maximum atomic E-state index is 13.0. The van der Waals surface area contributed by atoms with Crippen LogP contribution in [0.1, 0.15) is 15.9 Å². The van der Waals surface area contributed by atoms with Crippen LogP contribution >= 0.6 is 0 Å². The molecule has 0 N–H and O–H groups in total. The van der Waals surface area contributed by atoms with Gasteiger partial charge in [-0.1, -0.05) is 0 Å². The monoisotopic (exact) mass is 382 g/mol. The molecule has 2 heterocycles. The minimum Gasteiger partial charge on any atom is -0.493 e. The first-order valence-electron chi connectivity index (χ1n) is 8.82. The van der Waals surface area contributed by atoms with Crippen LogP contribution in [-0.2, 0) is 0 Å². The summed E-state index contributed by atoms with van der Waals surface area (Å²) in [4.78, 5) is 21.1. The van der Waals surface area contributed by atoms with Gasteiger partial charge in [-0.15, -0.1) is 0 Å². The molecule has 1 aliphatic rings. The number of anilines is 1. The van der Waals surface area contributed by atoms with Gasteiger partial charge in [0.05, 0.1) is 26.9 Å².